The van der Waals surface area contributed by atoms with E-state index >= 15 is 0 Å². The molecule has 0 fully saturated rings. The molecule has 0 aliphatic rings. The molecular weight excluding hydrogens is 204 g/mol. The van der Waals surface area contributed by atoms with Gasteiger partial charge in [-0.25, -0.2) is 0 Å². The van der Waals surface area contributed by atoms with Crippen molar-refractivity contribution in [2.75, 3.05) is 14.2 Å². The van der Waals surface area contributed by atoms with Gasteiger partial charge in [-0.05, 0) is 18.1 Å². The van der Waals surface area contributed by atoms with Crippen LogP contribution in [0.3, 0.4) is 0 Å². The van der Waals surface area contributed by atoms with Crippen LogP contribution in [0.5, 0.6) is 17.2 Å². The van der Waals surface area contributed by atoms with Gasteiger partial charge in [-0.2, -0.15) is 0 Å². The molecule has 0 unspecified atom stereocenters. The van der Waals surface area contributed by atoms with Gasteiger partial charge in [-0.15, -0.1) is 0 Å². The number of benzene rings is 1. The fraction of sp³-hybridized carbons (Fsp3) is 0.400. The van der Waals surface area contributed by atoms with Crippen LogP contribution in [-0.2, 0) is 6.42 Å². The first-order valence-corrected chi connectivity index (χ1v) is 4.65. The maximum atomic E-state index is 9.68. The molecule has 1 aromatic rings. The van der Waals surface area contributed by atoms with Crippen LogP contribution in [0.4, 0.5) is 0 Å². The molecule has 0 atom stereocenters. The predicted molar refractivity (Wildman–Crippen MR) is 55.6 cm³/mol. The third kappa shape index (κ3) is 1.73. The van der Waals surface area contributed by atoms with Crippen molar-refractivity contribution >= 4 is 11.6 Å². The fourth-order valence-corrected chi connectivity index (χ4v) is 1.54. The van der Waals surface area contributed by atoms with Gasteiger partial charge in [0.2, 0.25) is 5.75 Å². The van der Waals surface area contributed by atoms with Gasteiger partial charge in [0.15, 0.2) is 11.5 Å². The largest absolute Gasteiger partial charge is 0.503 e. The average Bonchev–Trinajstić information content (AvgIpc) is 2.21. The van der Waals surface area contributed by atoms with Gasteiger partial charge in [0.05, 0.1) is 19.2 Å². The van der Waals surface area contributed by atoms with E-state index in [1.54, 1.807) is 6.07 Å². The van der Waals surface area contributed by atoms with Crippen LogP contribution >= 0.6 is 11.6 Å². The number of hydrogen-bond donors (Lipinski definition) is 1. The van der Waals surface area contributed by atoms with E-state index in [9.17, 15) is 5.11 Å². The van der Waals surface area contributed by atoms with Crippen molar-refractivity contribution < 1.29 is 14.6 Å². The highest BCUT2D eigenvalue weighted by Gasteiger charge is 2.16. The molecule has 1 rings (SSSR count). The van der Waals surface area contributed by atoms with Crippen LogP contribution in [0.1, 0.15) is 12.5 Å². The van der Waals surface area contributed by atoms with E-state index in [1.807, 2.05) is 6.92 Å². The zero-order valence-corrected chi connectivity index (χ0v) is 9.18. The molecule has 0 amide bonds. The molecule has 0 aromatic heterocycles. The van der Waals surface area contributed by atoms with Gasteiger partial charge >= 0.3 is 0 Å². The van der Waals surface area contributed by atoms with Crippen LogP contribution in [-0.4, -0.2) is 19.3 Å². The van der Waals surface area contributed by atoms with E-state index < -0.39 is 0 Å². The summed E-state index contributed by atoms with van der Waals surface area (Å²) in [7, 11) is 2.98. The molecule has 0 aliphatic carbocycles. The number of phenolic OH excluding ortho intramolecular Hbond substituents is 1. The predicted octanol–water partition coefficient (Wildman–Crippen LogP) is 2.63. The van der Waals surface area contributed by atoms with Crippen LogP contribution in [0.25, 0.3) is 0 Å². The van der Waals surface area contributed by atoms with Gasteiger partial charge in [0.1, 0.15) is 0 Å². The summed E-state index contributed by atoms with van der Waals surface area (Å²) in [5.41, 5.74) is 0.835. The second-order valence-electron chi connectivity index (χ2n) is 2.79. The highest BCUT2D eigenvalue weighted by atomic mass is 35.5. The summed E-state index contributed by atoms with van der Waals surface area (Å²) in [5, 5.41) is 10.0. The Bertz CT molecular complexity index is 337. The van der Waals surface area contributed by atoms with Crippen LogP contribution in [0, 0.1) is 0 Å². The normalized spacial score (nSPS) is 10.0. The second kappa shape index (κ2) is 4.42. The maximum absolute atomic E-state index is 9.68. The first kappa shape index (κ1) is 11.0. The SMILES string of the molecule is CCc1cc(OC)c(OC)c(O)c1Cl. The molecule has 4 heteroatoms. The number of methoxy groups -OCH3 is 2. The Morgan fingerprint density at radius 2 is 2.00 bits per heavy atom. The fourth-order valence-electron chi connectivity index (χ4n) is 1.26. The second-order valence-corrected chi connectivity index (χ2v) is 3.17. The Morgan fingerprint density at radius 1 is 1.36 bits per heavy atom. The van der Waals surface area contributed by atoms with Gasteiger partial charge in [-0.1, -0.05) is 18.5 Å². The lowest BCUT2D eigenvalue weighted by molar-refractivity contribution is 0.332. The van der Waals surface area contributed by atoms with E-state index in [2.05, 4.69) is 0 Å². The number of halogens is 1. The maximum Gasteiger partial charge on any atom is 0.204 e. The lowest BCUT2D eigenvalue weighted by atomic mass is 10.1. The Morgan fingerprint density at radius 3 is 2.43 bits per heavy atom. The molecule has 1 aromatic carbocycles. The molecule has 3 nitrogen and oxygen atoms in total. The average molecular weight is 217 g/mol. The van der Waals surface area contributed by atoms with Crippen LogP contribution in [0.2, 0.25) is 5.02 Å². The Kier molecular flexibility index (Phi) is 3.47. The number of aromatic hydroxyl groups is 1. The minimum atomic E-state index is -0.0645. The van der Waals surface area contributed by atoms with Crippen molar-refractivity contribution in [3.05, 3.63) is 16.7 Å². The van der Waals surface area contributed by atoms with Gasteiger partial charge < -0.3 is 14.6 Å². The molecule has 0 radical (unpaired) electrons. The Hall–Kier alpha value is -1.09. The molecule has 14 heavy (non-hydrogen) atoms. The number of hydrogen-bond acceptors (Lipinski definition) is 3. The number of rotatable bonds is 3. The summed E-state index contributed by atoms with van der Waals surface area (Å²) in [6.45, 7) is 1.95. The van der Waals surface area contributed by atoms with Crippen LogP contribution < -0.4 is 9.47 Å². The van der Waals surface area contributed by atoms with Crippen molar-refractivity contribution in [2.24, 2.45) is 0 Å². The third-order valence-electron chi connectivity index (χ3n) is 2.04. The van der Waals surface area contributed by atoms with E-state index in [-0.39, 0.29) is 11.5 Å². The van der Waals surface area contributed by atoms with E-state index in [4.69, 9.17) is 21.1 Å². The minimum absolute atomic E-state index is 0.0645. The van der Waals surface area contributed by atoms with Gasteiger partial charge in [0, 0.05) is 0 Å². The molecule has 0 heterocycles. The number of ether oxygens (including phenoxy) is 2. The summed E-state index contributed by atoms with van der Waals surface area (Å²) in [6, 6.07) is 1.76. The van der Waals surface area contributed by atoms with Crippen molar-refractivity contribution in [1.29, 1.82) is 0 Å². The van der Waals surface area contributed by atoms with E-state index in [1.165, 1.54) is 14.2 Å². The van der Waals surface area contributed by atoms with Crippen molar-refractivity contribution in [3.63, 3.8) is 0 Å². The quantitative estimate of drug-likeness (QED) is 0.844. The first-order chi connectivity index (χ1) is 6.65. The van der Waals surface area contributed by atoms with E-state index in [0.29, 0.717) is 10.8 Å². The van der Waals surface area contributed by atoms with E-state index in [0.717, 1.165) is 12.0 Å². The first-order valence-electron chi connectivity index (χ1n) is 4.28. The smallest absolute Gasteiger partial charge is 0.204 e. The molecule has 0 bridgehead atoms. The lowest BCUT2D eigenvalue weighted by Crippen LogP contribution is -1.94. The van der Waals surface area contributed by atoms with Crippen molar-refractivity contribution in [1.82, 2.24) is 0 Å². The minimum Gasteiger partial charge on any atom is -0.503 e. The zero-order chi connectivity index (χ0) is 10.7. The standard InChI is InChI=1S/C10H13ClO3/c1-4-6-5-7(13-2)10(14-3)9(12)8(6)11/h5,12H,4H2,1-3H3. The number of aryl methyl sites for hydroxylation is 1. The third-order valence-corrected chi connectivity index (χ3v) is 2.46. The summed E-state index contributed by atoms with van der Waals surface area (Å²) in [4.78, 5) is 0. The molecule has 0 spiro atoms. The van der Waals surface area contributed by atoms with Crippen LogP contribution in [0.15, 0.2) is 6.07 Å². The molecule has 0 saturated carbocycles. The molecular formula is C10H13ClO3. The highest BCUT2D eigenvalue weighted by molar-refractivity contribution is 6.33. The topological polar surface area (TPSA) is 38.7 Å². The zero-order valence-electron chi connectivity index (χ0n) is 8.43. The van der Waals surface area contributed by atoms with Crippen molar-refractivity contribution in [2.45, 2.75) is 13.3 Å². The van der Waals surface area contributed by atoms with Gasteiger partial charge in [0.25, 0.3) is 0 Å². The van der Waals surface area contributed by atoms with Gasteiger partial charge in [-0.3, -0.25) is 0 Å². The summed E-state index contributed by atoms with van der Waals surface area (Å²) < 4.78 is 10.1. The molecule has 0 saturated heterocycles. The lowest BCUT2D eigenvalue weighted by Gasteiger charge is -2.12. The molecule has 1 N–H and O–H groups in total. The van der Waals surface area contributed by atoms with Crippen molar-refractivity contribution in [3.8, 4) is 17.2 Å². The summed E-state index contributed by atoms with van der Waals surface area (Å²) >= 11 is 5.92. The molecule has 0 aliphatic heterocycles. The Labute approximate surface area is 88.2 Å². The highest BCUT2D eigenvalue weighted by Crippen LogP contribution is 2.43. The number of phenols is 1. The summed E-state index contributed by atoms with van der Waals surface area (Å²) in [6.07, 6.45) is 0.729. The Balaban J connectivity index is 3.38. The molecule has 78 valence electrons. The monoisotopic (exact) mass is 216 g/mol. The summed E-state index contributed by atoms with van der Waals surface area (Å²) in [5.74, 6) is 0.700.